The maximum atomic E-state index is 12.5. The molecule has 4 N–H and O–H groups in total. The number of hydrogen-bond acceptors (Lipinski definition) is 8. The molecule has 2 aromatic rings. The minimum absolute atomic E-state index is 0.182. The van der Waals surface area contributed by atoms with Crippen LogP contribution in [0.5, 0.6) is 5.75 Å². The number of rotatable bonds is 15. The SMILES string of the molecule is CC1(C)OCc2cc([C@@H](O)CNCCCCCCOCCC#Cc3cccc(N4C(=O)CN(CC(N)=O)C4=O)c3)ccc2O1. The Bertz CT molecular complexity index is 1380. The lowest BCUT2D eigenvalue weighted by Gasteiger charge is -2.33. The second-order valence-electron chi connectivity index (χ2n) is 11.3. The van der Waals surface area contributed by atoms with E-state index in [0.29, 0.717) is 44.0 Å². The van der Waals surface area contributed by atoms with E-state index in [-0.39, 0.29) is 13.1 Å². The first-order chi connectivity index (χ1) is 21.1. The number of nitrogens with zero attached hydrogens (tertiary/aromatic N) is 2. The van der Waals surface area contributed by atoms with Crippen LogP contribution in [-0.4, -0.2) is 73.0 Å². The van der Waals surface area contributed by atoms with E-state index >= 15 is 0 Å². The zero-order valence-corrected chi connectivity index (χ0v) is 25.5. The third-order valence-electron chi connectivity index (χ3n) is 7.22. The van der Waals surface area contributed by atoms with E-state index in [1.165, 1.54) is 0 Å². The number of primary amides is 1. The second kappa shape index (κ2) is 15.7. The molecular formula is C33H42N4O7. The summed E-state index contributed by atoms with van der Waals surface area (Å²) in [6.07, 6.45) is 4.11. The van der Waals surface area contributed by atoms with Crippen LogP contribution in [0.25, 0.3) is 0 Å². The average molecular weight is 607 g/mol. The Morgan fingerprint density at radius 1 is 1.14 bits per heavy atom. The standard InChI is InChI=1S/C33H42N4O7/c1-33(2)43-23-26-19-25(13-14-29(26)44-33)28(38)20-35-15-6-3-4-7-16-42-17-8-5-10-24-11-9-12-27(18-24)37-31(40)22-36(32(37)41)21-30(34)39/h9,11-14,18-19,28,35,38H,3-4,6-8,15-17,20-23H2,1-2H3,(H2,34,39)/t28-/m0/s1. The monoisotopic (exact) mass is 606 g/mol. The molecule has 0 aliphatic carbocycles. The molecule has 2 aliphatic heterocycles. The van der Waals surface area contributed by atoms with Crippen molar-refractivity contribution < 1.29 is 33.7 Å². The summed E-state index contributed by atoms with van der Waals surface area (Å²) in [6.45, 7) is 6.28. The molecule has 1 fully saturated rings. The molecule has 0 spiro atoms. The van der Waals surface area contributed by atoms with Crippen molar-refractivity contribution in [1.82, 2.24) is 10.2 Å². The molecule has 4 amide bonds. The predicted molar refractivity (Wildman–Crippen MR) is 165 cm³/mol. The Kier molecular flexibility index (Phi) is 11.7. The van der Waals surface area contributed by atoms with Crippen LogP contribution in [-0.2, 0) is 25.7 Å². The van der Waals surface area contributed by atoms with Crippen molar-refractivity contribution in [2.24, 2.45) is 5.73 Å². The Morgan fingerprint density at radius 3 is 2.77 bits per heavy atom. The Labute approximate surface area is 258 Å². The molecule has 4 rings (SSSR count). The first kappa shape index (κ1) is 33.0. The number of imide groups is 1. The highest BCUT2D eigenvalue weighted by molar-refractivity contribution is 6.20. The van der Waals surface area contributed by atoms with Crippen molar-refractivity contribution in [3.05, 3.63) is 59.2 Å². The van der Waals surface area contributed by atoms with E-state index in [9.17, 15) is 19.5 Å². The van der Waals surface area contributed by atoms with Gasteiger partial charge in [-0.1, -0.05) is 36.8 Å². The summed E-state index contributed by atoms with van der Waals surface area (Å²) in [5, 5.41) is 13.9. The van der Waals surface area contributed by atoms with Gasteiger partial charge in [0.05, 0.1) is 25.0 Å². The summed E-state index contributed by atoms with van der Waals surface area (Å²) < 4.78 is 17.2. The van der Waals surface area contributed by atoms with Crippen molar-refractivity contribution in [3.8, 4) is 17.6 Å². The van der Waals surface area contributed by atoms with E-state index in [0.717, 1.165) is 58.9 Å². The van der Waals surface area contributed by atoms with Crippen LogP contribution < -0.4 is 20.7 Å². The van der Waals surface area contributed by atoms with Gasteiger partial charge in [-0.25, -0.2) is 9.69 Å². The van der Waals surface area contributed by atoms with Crippen molar-refractivity contribution in [1.29, 1.82) is 0 Å². The number of aliphatic hydroxyl groups is 1. The van der Waals surface area contributed by atoms with Gasteiger partial charge in [-0.05, 0) is 55.3 Å². The number of fused-ring (bicyclic) bond motifs is 1. The summed E-state index contributed by atoms with van der Waals surface area (Å²) in [5.41, 5.74) is 8.05. The smallest absolute Gasteiger partial charge is 0.332 e. The van der Waals surface area contributed by atoms with Crippen molar-refractivity contribution in [3.63, 3.8) is 0 Å². The van der Waals surface area contributed by atoms with Gasteiger partial charge in [-0.2, -0.15) is 0 Å². The molecule has 1 saturated heterocycles. The van der Waals surface area contributed by atoms with Gasteiger partial charge in [0.25, 0.3) is 5.91 Å². The lowest BCUT2D eigenvalue weighted by molar-refractivity contribution is -0.180. The van der Waals surface area contributed by atoms with E-state index in [2.05, 4.69) is 17.2 Å². The summed E-state index contributed by atoms with van der Waals surface area (Å²) >= 11 is 0. The highest BCUT2D eigenvalue weighted by Gasteiger charge is 2.37. The van der Waals surface area contributed by atoms with E-state index < -0.39 is 29.7 Å². The van der Waals surface area contributed by atoms with Crippen molar-refractivity contribution in [2.75, 3.05) is 44.3 Å². The maximum Gasteiger partial charge on any atom is 0.332 e. The Morgan fingerprint density at radius 2 is 1.95 bits per heavy atom. The second-order valence-corrected chi connectivity index (χ2v) is 11.3. The summed E-state index contributed by atoms with van der Waals surface area (Å²) in [4.78, 5) is 38.1. The highest BCUT2D eigenvalue weighted by Crippen LogP contribution is 2.32. The number of hydrogen-bond donors (Lipinski definition) is 3. The van der Waals surface area contributed by atoms with Gasteiger partial charge in [-0.15, -0.1) is 0 Å². The van der Waals surface area contributed by atoms with Gasteiger partial charge >= 0.3 is 6.03 Å². The lowest BCUT2D eigenvalue weighted by atomic mass is 10.0. The van der Waals surface area contributed by atoms with Crippen molar-refractivity contribution in [2.45, 2.75) is 64.4 Å². The number of carbonyl (C=O) groups is 3. The van der Waals surface area contributed by atoms with Gasteiger partial charge in [0.15, 0.2) is 0 Å². The first-order valence-electron chi connectivity index (χ1n) is 15.0. The fraction of sp³-hybridized carbons (Fsp3) is 0.485. The van der Waals surface area contributed by atoms with Crippen LogP contribution in [0.1, 0.15) is 68.7 Å². The topological polar surface area (TPSA) is 144 Å². The van der Waals surface area contributed by atoms with Gasteiger partial charge in [0.2, 0.25) is 11.7 Å². The fourth-order valence-corrected chi connectivity index (χ4v) is 4.96. The minimum atomic E-state index is -0.672. The molecule has 2 aromatic carbocycles. The highest BCUT2D eigenvalue weighted by atomic mass is 16.7. The molecule has 0 aromatic heterocycles. The number of unbranched alkanes of at least 4 members (excludes halogenated alkanes) is 3. The summed E-state index contributed by atoms with van der Waals surface area (Å²) in [5.74, 6) is 5.20. The molecule has 1 atom stereocenters. The van der Waals surface area contributed by atoms with Gasteiger partial charge in [0, 0.05) is 44.5 Å². The maximum absolute atomic E-state index is 12.5. The van der Waals surface area contributed by atoms with Gasteiger partial charge in [0.1, 0.15) is 18.8 Å². The normalized spacial score (nSPS) is 16.2. The van der Waals surface area contributed by atoms with Crippen LogP contribution in [0, 0.1) is 11.8 Å². The zero-order chi connectivity index (χ0) is 31.5. The van der Waals surface area contributed by atoms with Crippen LogP contribution in [0.2, 0.25) is 0 Å². The number of aliphatic hydroxyl groups excluding tert-OH is 1. The number of nitrogens with one attached hydrogen (secondary N) is 1. The van der Waals surface area contributed by atoms with Gasteiger partial charge in [-0.3, -0.25) is 9.59 Å². The fourth-order valence-electron chi connectivity index (χ4n) is 4.96. The molecule has 0 radical (unpaired) electrons. The Hall–Kier alpha value is -3.95. The van der Waals surface area contributed by atoms with Crippen molar-refractivity contribution >= 4 is 23.5 Å². The zero-order valence-electron chi connectivity index (χ0n) is 25.5. The lowest BCUT2D eigenvalue weighted by Crippen LogP contribution is -2.37. The molecule has 2 heterocycles. The number of anilines is 1. The number of benzene rings is 2. The van der Waals surface area contributed by atoms with E-state index in [1.807, 2.05) is 32.0 Å². The number of amides is 4. The summed E-state index contributed by atoms with van der Waals surface area (Å²) in [7, 11) is 0. The number of ether oxygens (including phenoxy) is 3. The van der Waals surface area contributed by atoms with E-state index in [4.69, 9.17) is 19.9 Å². The quantitative estimate of drug-likeness (QED) is 0.159. The largest absolute Gasteiger partial charge is 0.463 e. The number of nitrogens with two attached hydrogens (primary N) is 1. The number of urea groups is 1. The minimum Gasteiger partial charge on any atom is -0.463 e. The van der Waals surface area contributed by atoms with Crippen LogP contribution in [0.15, 0.2) is 42.5 Å². The first-order valence-corrected chi connectivity index (χ1v) is 15.0. The average Bonchev–Trinajstić information content (AvgIpc) is 3.26. The molecule has 2 aliphatic rings. The van der Waals surface area contributed by atoms with Crippen LogP contribution in [0.4, 0.5) is 10.5 Å². The van der Waals surface area contributed by atoms with E-state index in [1.54, 1.807) is 24.3 Å². The molecule has 11 nitrogen and oxygen atoms in total. The van der Waals surface area contributed by atoms with Crippen LogP contribution in [0.3, 0.4) is 0 Å². The molecule has 44 heavy (non-hydrogen) atoms. The molecular weight excluding hydrogens is 564 g/mol. The molecule has 0 saturated carbocycles. The third kappa shape index (κ3) is 9.53. The predicted octanol–water partition coefficient (Wildman–Crippen LogP) is 3.23. The third-order valence-corrected chi connectivity index (χ3v) is 7.22. The van der Waals surface area contributed by atoms with Gasteiger partial charge < -0.3 is 35.3 Å². The molecule has 0 bridgehead atoms. The molecule has 0 unspecified atom stereocenters. The number of carbonyl (C=O) groups excluding carboxylic acids is 3. The Balaban J connectivity index is 1.04. The molecule has 236 valence electrons. The molecule has 11 heteroatoms. The summed E-state index contributed by atoms with van der Waals surface area (Å²) in [6, 6.07) is 12.0. The van der Waals surface area contributed by atoms with Crippen LogP contribution >= 0.6 is 0 Å².